The maximum absolute atomic E-state index is 11.4. The number of unbranched alkanes of at least 4 members (excludes halogenated alkanes) is 1. The van der Waals surface area contributed by atoms with Crippen molar-refractivity contribution in [3.63, 3.8) is 0 Å². The third-order valence-electron chi connectivity index (χ3n) is 2.72. The molecule has 106 valence electrons. The van der Waals surface area contributed by atoms with E-state index >= 15 is 0 Å². The highest BCUT2D eigenvalue weighted by Gasteiger charge is 2.07. The number of amides is 1. The van der Waals surface area contributed by atoms with Crippen LogP contribution in [-0.4, -0.2) is 30.8 Å². The Hall–Kier alpha value is -0.900. The predicted molar refractivity (Wildman–Crippen MR) is 74.5 cm³/mol. The van der Waals surface area contributed by atoms with Crippen molar-refractivity contribution in [1.82, 2.24) is 10.6 Å². The average molecular weight is 256 g/mol. The van der Waals surface area contributed by atoms with E-state index in [1.807, 2.05) is 13.8 Å². The zero-order valence-electron chi connectivity index (χ0n) is 12.2. The zero-order chi connectivity index (χ0) is 14.0. The van der Waals surface area contributed by atoms with Crippen molar-refractivity contribution in [3.8, 4) is 0 Å². The zero-order valence-corrected chi connectivity index (χ0v) is 12.2. The molecule has 0 aromatic carbocycles. The Kier molecular flexibility index (Phi) is 9.56. The van der Waals surface area contributed by atoms with E-state index in [1.54, 1.807) is 0 Å². The van der Waals surface area contributed by atoms with Crippen LogP contribution in [0.5, 0.6) is 0 Å². The molecule has 1 amide bonds. The van der Waals surface area contributed by atoms with Gasteiger partial charge in [-0.15, -0.1) is 0 Å². The van der Waals surface area contributed by atoms with E-state index in [0.29, 0.717) is 25.4 Å². The standard InChI is InChI=1S/C14H28N2O2/c1-11(2)13(17)7-5-6-8-14(18)16-10-9-15-12(3)4/h11-12,15H,5-10H2,1-4H3,(H,16,18). The highest BCUT2D eigenvalue weighted by atomic mass is 16.1. The lowest BCUT2D eigenvalue weighted by Crippen LogP contribution is -2.34. The van der Waals surface area contributed by atoms with Crippen LogP contribution in [0.2, 0.25) is 0 Å². The van der Waals surface area contributed by atoms with Gasteiger partial charge < -0.3 is 10.6 Å². The van der Waals surface area contributed by atoms with E-state index in [2.05, 4.69) is 24.5 Å². The minimum Gasteiger partial charge on any atom is -0.355 e. The fourth-order valence-electron chi connectivity index (χ4n) is 1.52. The van der Waals surface area contributed by atoms with Crippen molar-refractivity contribution in [2.45, 2.75) is 59.4 Å². The van der Waals surface area contributed by atoms with Crippen LogP contribution < -0.4 is 10.6 Å². The van der Waals surface area contributed by atoms with E-state index in [0.717, 1.165) is 19.4 Å². The van der Waals surface area contributed by atoms with Gasteiger partial charge in [0.15, 0.2) is 0 Å². The van der Waals surface area contributed by atoms with Crippen molar-refractivity contribution in [1.29, 1.82) is 0 Å². The molecule has 4 heteroatoms. The van der Waals surface area contributed by atoms with E-state index in [1.165, 1.54) is 0 Å². The largest absolute Gasteiger partial charge is 0.355 e. The number of Topliss-reactive ketones (excluding diaryl/α,β-unsaturated/α-hetero) is 1. The van der Waals surface area contributed by atoms with E-state index in [9.17, 15) is 9.59 Å². The molecule has 0 aliphatic rings. The number of nitrogens with one attached hydrogen (secondary N) is 2. The van der Waals surface area contributed by atoms with Crippen LogP contribution in [-0.2, 0) is 9.59 Å². The van der Waals surface area contributed by atoms with Crippen molar-refractivity contribution in [3.05, 3.63) is 0 Å². The first kappa shape index (κ1) is 17.1. The molecule has 0 aliphatic carbocycles. The fraction of sp³-hybridized carbons (Fsp3) is 0.857. The summed E-state index contributed by atoms with van der Waals surface area (Å²) in [6.45, 7) is 9.45. The van der Waals surface area contributed by atoms with Crippen LogP contribution in [0.4, 0.5) is 0 Å². The molecule has 0 saturated carbocycles. The van der Waals surface area contributed by atoms with Crippen molar-refractivity contribution in [2.24, 2.45) is 5.92 Å². The first-order valence-electron chi connectivity index (χ1n) is 6.96. The molecule has 0 aromatic rings. The van der Waals surface area contributed by atoms with Gasteiger partial charge in [-0.3, -0.25) is 9.59 Å². The second kappa shape index (κ2) is 10.1. The summed E-state index contributed by atoms with van der Waals surface area (Å²) in [5.74, 6) is 0.482. The van der Waals surface area contributed by atoms with Gasteiger partial charge in [-0.1, -0.05) is 27.7 Å². The highest BCUT2D eigenvalue weighted by molar-refractivity contribution is 5.80. The summed E-state index contributed by atoms with van der Waals surface area (Å²) in [7, 11) is 0. The molecule has 0 atom stereocenters. The Labute approximate surface area is 111 Å². The minimum absolute atomic E-state index is 0.0811. The Balaban J connectivity index is 3.40. The van der Waals surface area contributed by atoms with Gasteiger partial charge in [-0.05, 0) is 12.8 Å². The second-order valence-electron chi connectivity index (χ2n) is 5.29. The first-order chi connectivity index (χ1) is 8.43. The molecule has 0 aromatic heterocycles. The summed E-state index contributed by atoms with van der Waals surface area (Å²) in [5.41, 5.74) is 0. The predicted octanol–water partition coefficient (Wildman–Crippen LogP) is 1.89. The molecule has 0 saturated heterocycles. The maximum atomic E-state index is 11.4. The normalized spacial score (nSPS) is 11.0. The number of rotatable bonds is 10. The monoisotopic (exact) mass is 256 g/mol. The van der Waals surface area contributed by atoms with Gasteiger partial charge in [0.25, 0.3) is 0 Å². The van der Waals surface area contributed by atoms with Crippen molar-refractivity contribution >= 4 is 11.7 Å². The van der Waals surface area contributed by atoms with Crippen LogP contribution >= 0.6 is 0 Å². The molecule has 0 bridgehead atoms. The molecular weight excluding hydrogens is 228 g/mol. The van der Waals surface area contributed by atoms with Gasteiger partial charge in [0.2, 0.25) is 5.91 Å². The summed E-state index contributed by atoms with van der Waals surface area (Å²) >= 11 is 0. The molecule has 0 spiro atoms. The summed E-state index contributed by atoms with van der Waals surface area (Å²) in [4.78, 5) is 22.8. The Morgan fingerprint density at radius 1 is 0.944 bits per heavy atom. The van der Waals surface area contributed by atoms with E-state index in [-0.39, 0.29) is 17.6 Å². The van der Waals surface area contributed by atoms with Crippen LogP contribution in [0, 0.1) is 5.92 Å². The van der Waals surface area contributed by atoms with Gasteiger partial charge in [0.05, 0.1) is 0 Å². The lowest BCUT2D eigenvalue weighted by atomic mass is 10.0. The lowest BCUT2D eigenvalue weighted by molar-refractivity contribution is -0.123. The number of carbonyl (C=O) groups excluding carboxylic acids is 2. The maximum Gasteiger partial charge on any atom is 0.220 e. The molecule has 18 heavy (non-hydrogen) atoms. The van der Waals surface area contributed by atoms with Gasteiger partial charge in [0.1, 0.15) is 5.78 Å². The third-order valence-corrected chi connectivity index (χ3v) is 2.72. The van der Waals surface area contributed by atoms with Crippen molar-refractivity contribution in [2.75, 3.05) is 13.1 Å². The SMILES string of the molecule is CC(C)NCCNC(=O)CCCCC(=O)C(C)C. The van der Waals surface area contributed by atoms with Gasteiger partial charge >= 0.3 is 0 Å². The highest BCUT2D eigenvalue weighted by Crippen LogP contribution is 2.05. The lowest BCUT2D eigenvalue weighted by Gasteiger charge is -2.09. The Bertz CT molecular complexity index is 250. The second-order valence-corrected chi connectivity index (χ2v) is 5.29. The third kappa shape index (κ3) is 10.3. The molecule has 0 fully saturated rings. The van der Waals surface area contributed by atoms with Crippen LogP contribution in [0.25, 0.3) is 0 Å². The number of hydrogen-bond acceptors (Lipinski definition) is 3. The van der Waals surface area contributed by atoms with Crippen LogP contribution in [0.3, 0.4) is 0 Å². The Morgan fingerprint density at radius 3 is 2.11 bits per heavy atom. The molecule has 2 N–H and O–H groups in total. The topological polar surface area (TPSA) is 58.2 Å². The van der Waals surface area contributed by atoms with E-state index in [4.69, 9.17) is 0 Å². The summed E-state index contributed by atoms with van der Waals surface area (Å²) < 4.78 is 0. The van der Waals surface area contributed by atoms with Crippen LogP contribution in [0.1, 0.15) is 53.4 Å². The fourth-order valence-corrected chi connectivity index (χ4v) is 1.52. The molecule has 0 unspecified atom stereocenters. The first-order valence-corrected chi connectivity index (χ1v) is 6.96. The van der Waals surface area contributed by atoms with Crippen molar-refractivity contribution < 1.29 is 9.59 Å². The number of carbonyl (C=O) groups is 2. The summed E-state index contributed by atoms with van der Waals surface area (Å²) in [5, 5.41) is 6.10. The molecule has 0 heterocycles. The van der Waals surface area contributed by atoms with Crippen LogP contribution in [0.15, 0.2) is 0 Å². The molecule has 0 radical (unpaired) electrons. The summed E-state index contributed by atoms with van der Waals surface area (Å²) in [6.07, 6.45) is 2.73. The van der Waals surface area contributed by atoms with Gasteiger partial charge in [-0.2, -0.15) is 0 Å². The molecule has 4 nitrogen and oxygen atoms in total. The van der Waals surface area contributed by atoms with Gasteiger partial charge in [-0.25, -0.2) is 0 Å². The minimum atomic E-state index is 0.0811. The quantitative estimate of drug-likeness (QED) is 0.587. The molecule has 0 rings (SSSR count). The number of hydrogen-bond donors (Lipinski definition) is 2. The summed E-state index contributed by atoms with van der Waals surface area (Å²) in [6, 6.07) is 0.448. The average Bonchev–Trinajstić information content (AvgIpc) is 2.29. The molecular formula is C14H28N2O2. The number of ketones is 1. The smallest absolute Gasteiger partial charge is 0.220 e. The van der Waals surface area contributed by atoms with E-state index < -0.39 is 0 Å². The molecule has 0 aliphatic heterocycles. The Morgan fingerprint density at radius 2 is 1.56 bits per heavy atom. The van der Waals surface area contributed by atoms with Gasteiger partial charge in [0, 0.05) is 37.9 Å².